The molecule has 0 radical (unpaired) electrons. The van der Waals surface area contributed by atoms with Crippen molar-refractivity contribution in [1.82, 2.24) is 0 Å². The average molecular weight is 473 g/mol. The first-order valence-electron chi connectivity index (χ1n) is 9.02. The molecule has 1 heterocycles. The molecule has 156 valence electrons. The van der Waals surface area contributed by atoms with Crippen LogP contribution in [0.2, 0.25) is 0 Å². The Balaban J connectivity index is 0.000000214. The minimum atomic E-state index is -0.809. The van der Waals surface area contributed by atoms with Crippen LogP contribution in [0, 0.1) is 11.8 Å². The number of aliphatic hydroxyl groups is 2. The molecule has 2 N–H and O–H groups in total. The number of carbonyl (C=O) groups excluding carboxylic acids is 1. The molecule has 0 fully saturated rings. The second kappa shape index (κ2) is 10.7. The standard InChI is InChI=1S/C12H12O3.C11H9BrO3/c1-9(13)7-8-10-5-3-4-6-11(10)12(14)15-2;1-6(13)10-9(12)7-4-2-3-5-8(7)11(14)15-10/h3-6,9,13H,1-2H3;2-6,13H,1H3. The van der Waals surface area contributed by atoms with Crippen LogP contribution in [0.25, 0.3) is 10.8 Å². The third-order valence-corrected chi connectivity index (χ3v) is 4.75. The predicted molar refractivity (Wildman–Crippen MR) is 117 cm³/mol. The predicted octanol–water partition coefficient (Wildman–Crippen LogP) is 3.81. The molecule has 2 aromatic carbocycles. The SMILES string of the molecule is CC(O)c1oc(=O)c2ccccc2c1Br.COC(=O)c1ccccc1C#CC(C)O. The molecule has 7 heteroatoms. The molecule has 0 aliphatic heterocycles. The normalized spacial score (nSPS) is 12.1. The molecule has 6 nitrogen and oxygen atoms in total. The number of hydrogen-bond acceptors (Lipinski definition) is 6. The average Bonchev–Trinajstić information content (AvgIpc) is 2.74. The Bertz CT molecular complexity index is 1150. The molecule has 2 atom stereocenters. The van der Waals surface area contributed by atoms with Gasteiger partial charge in [-0.2, -0.15) is 0 Å². The number of esters is 1. The molecular formula is C23H21BrO6. The number of hydrogen-bond donors (Lipinski definition) is 2. The quantitative estimate of drug-likeness (QED) is 0.434. The minimum absolute atomic E-state index is 0.263. The van der Waals surface area contributed by atoms with Gasteiger partial charge in [0.15, 0.2) is 5.76 Å². The van der Waals surface area contributed by atoms with E-state index in [0.717, 1.165) is 5.39 Å². The summed E-state index contributed by atoms with van der Waals surface area (Å²) >= 11 is 3.32. The van der Waals surface area contributed by atoms with Crippen molar-refractivity contribution < 1.29 is 24.2 Å². The van der Waals surface area contributed by atoms with Crippen molar-refractivity contribution in [2.75, 3.05) is 7.11 Å². The van der Waals surface area contributed by atoms with E-state index in [1.54, 1.807) is 50.2 Å². The zero-order valence-corrected chi connectivity index (χ0v) is 18.3. The molecule has 0 saturated heterocycles. The van der Waals surface area contributed by atoms with Crippen LogP contribution < -0.4 is 5.63 Å². The van der Waals surface area contributed by atoms with E-state index >= 15 is 0 Å². The fourth-order valence-electron chi connectivity index (χ4n) is 2.52. The molecule has 0 spiro atoms. The highest BCUT2D eigenvalue weighted by Crippen LogP contribution is 2.28. The molecule has 0 saturated carbocycles. The lowest BCUT2D eigenvalue weighted by molar-refractivity contribution is 0.0600. The molecule has 3 aromatic rings. The number of rotatable bonds is 2. The number of fused-ring (bicyclic) bond motifs is 1. The van der Waals surface area contributed by atoms with Crippen LogP contribution in [0.5, 0.6) is 0 Å². The van der Waals surface area contributed by atoms with Gasteiger partial charge in [-0.3, -0.25) is 0 Å². The molecule has 0 amide bonds. The first-order valence-corrected chi connectivity index (χ1v) is 9.81. The molecule has 3 rings (SSSR count). The summed E-state index contributed by atoms with van der Waals surface area (Å²) in [7, 11) is 1.32. The lowest BCUT2D eigenvalue weighted by Gasteiger charge is -2.07. The summed E-state index contributed by atoms with van der Waals surface area (Å²) in [6, 6.07) is 14.0. The fraction of sp³-hybridized carbons (Fsp3) is 0.217. The molecule has 30 heavy (non-hydrogen) atoms. The van der Waals surface area contributed by atoms with Crippen LogP contribution >= 0.6 is 15.9 Å². The van der Waals surface area contributed by atoms with Gasteiger partial charge in [-0.05, 0) is 48.0 Å². The van der Waals surface area contributed by atoms with Gasteiger partial charge in [-0.1, -0.05) is 42.2 Å². The largest absolute Gasteiger partial charge is 0.465 e. The van der Waals surface area contributed by atoms with Gasteiger partial charge >= 0.3 is 11.6 Å². The van der Waals surface area contributed by atoms with Gasteiger partial charge in [-0.15, -0.1) is 0 Å². The van der Waals surface area contributed by atoms with Crippen molar-refractivity contribution >= 4 is 32.7 Å². The van der Waals surface area contributed by atoms with E-state index in [1.165, 1.54) is 7.11 Å². The van der Waals surface area contributed by atoms with Gasteiger partial charge in [0.25, 0.3) is 0 Å². The zero-order valence-electron chi connectivity index (χ0n) is 16.7. The molecule has 1 aromatic heterocycles. The summed E-state index contributed by atoms with van der Waals surface area (Å²) in [4.78, 5) is 22.9. The number of ether oxygens (including phenoxy) is 1. The van der Waals surface area contributed by atoms with Crippen molar-refractivity contribution in [2.45, 2.75) is 26.1 Å². The number of aliphatic hydroxyl groups excluding tert-OH is 2. The van der Waals surface area contributed by atoms with Crippen LogP contribution in [-0.2, 0) is 4.74 Å². The summed E-state index contributed by atoms with van der Waals surface area (Å²) in [5.74, 6) is 5.14. The maximum atomic E-state index is 11.6. The Morgan fingerprint density at radius 1 is 1.07 bits per heavy atom. The molecular weight excluding hydrogens is 452 g/mol. The van der Waals surface area contributed by atoms with E-state index in [4.69, 9.17) is 9.52 Å². The van der Waals surface area contributed by atoms with E-state index in [-0.39, 0.29) is 5.76 Å². The second-order valence-corrected chi connectivity index (χ2v) is 7.06. The lowest BCUT2D eigenvalue weighted by atomic mass is 10.1. The second-order valence-electron chi connectivity index (χ2n) is 6.27. The van der Waals surface area contributed by atoms with Gasteiger partial charge in [0.05, 0.1) is 22.5 Å². The molecule has 0 bridgehead atoms. The smallest absolute Gasteiger partial charge is 0.343 e. The van der Waals surface area contributed by atoms with Crippen molar-refractivity contribution in [3.05, 3.63) is 80.3 Å². The zero-order chi connectivity index (χ0) is 22.3. The molecule has 0 aliphatic carbocycles. The summed E-state index contributed by atoms with van der Waals surface area (Å²) in [6.45, 7) is 3.12. The summed E-state index contributed by atoms with van der Waals surface area (Å²) in [5, 5.41) is 19.7. The summed E-state index contributed by atoms with van der Waals surface area (Å²) < 4.78 is 10.3. The monoisotopic (exact) mass is 472 g/mol. The highest BCUT2D eigenvalue weighted by molar-refractivity contribution is 9.10. The van der Waals surface area contributed by atoms with Crippen LogP contribution in [0.3, 0.4) is 0 Å². The van der Waals surface area contributed by atoms with Crippen molar-refractivity contribution in [3.63, 3.8) is 0 Å². The number of carbonyl (C=O) groups is 1. The number of benzene rings is 2. The summed E-state index contributed by atoms with van der Waals surface area (Å²) in [6.07, 6.45) is -1.52. The van der Waals surface area contributed by atoms with Crippen LogP contribution in [0.15, 0.2) is 62.2 Å². The van der Waals surface area contributed by atoms with E-state index in [9.17, 15) is 14.7 Å². The van der Waals surface area contributed by atoms with Gasteiger partial charge in [-0.25, -0.2) is 9.59 Å². The van der Waals surface area contributed by atoms with E-state index in [2.05, 4.69) is 32.5 Å². The highest BCUT2D eigenvalue weighted by Gasteiger charge is 2.14. The van der Waals surface area contributed by atoms with Gasteiger partial charge in [0, 0.05) is 10.9 Å². The van der Waals surface area contributed by atoms with Crippen molar-refractivity contribution in [2.24, 2.45) is 0 Å². The third kappa shape index (κ3) is 5.80. The van der Waals surface area contributed by atoms with Crippen LogP contribution in [0.4, 0.5) is 0 Å². The first-order chi connectivity index (χ1) is 14.3. The van der Waals surface area contributed by atoms with E-state index < -0.39 is 23.8 Å². The maximum Gasteiger partial charge on any atom is 0.343 e. The Labute approximate surface area is 182 Å². The molecule has 0 aliphatic rings. The number of halogens is 1. The van der Waals surface area contributed by atoms with Gasteiger partial charge in [0.1, 0.15) is 12.2 Å². The first kappa shape index (κ1) is 23.4. The Morgan fingerprint density at radius 3 is 2.27 bits per heavy atom. The van der Waals surface area contributed by atoms with Crippen molar-refractivity contribution in [1.29, 1.82) is 0 Å². The third-order valence-electron chi connectivity index (χ3n) is 3.93. The van der Waals surface area contributed by atoms with Crippen molar-refractivity contribution in [3.8, 4) is 11.8 Å². The lowest BCUT2D eigenvalue weighted by Crippen LogP contribution is -2.05. The van der Waals surface area contributed by atoms with E-state index in [0.29, 0.717) is 21.0 Å². The van der Waals surface area contributed by atoms with Crippen LogP contribution in [0.1, 0.15) is 41.6 Å². The maximum absolute atomic E-state index is 11.6. The summed E-state index contributed by atoms with van der Waals surface area (Å²) in [5.41, 5.74) is 0.545. The fourth-order valence-corrected chi connectivity index (χ4v) is 3.27. The molecule has 2 unspecified atom stereocenters. The highest BCUT2D eigenvalue weighted by atomic mass is 79.9. The van der Waals surface area contributed by atoms with E-state index in [1.807, 2.05) is 12.1 Å². The van der Waals surface area contributed by atoms with Gasteiger partial charge in [0.2, 0.25) is 0 Å². The topological polar surface area (TPSA) is 97.0 Å². The Morgan fingerprint density at radius 2 is 1.67 bits per heavy atom. The Hall–Kier alpha value is -2.92. The van der Waals surface area contributed by atoms with Gasteiger partial charge < -0.3 is 19.4 Å². The van der Waals surface area contributed by atoms with Crippen LogP contribution in [-0.4, -0.2) is 29.4 Å². The number of methoxy groups -OCH3 is 1. The Kier molecular flexibility index (Phi) is 8.36. The minimum Gasteiger partial charge on any atom is -0.465 e.